The van der Waals surface area contributed by atoms with Gasteiger partial charge in [0, 0.05) is 29.2 Å². The number of halogens is 1. The van der Waals surface area contributed by atoms with Crippen LogP contribution in [0.2, 0.25) is 0 Å². The van der Waals surface area contributed by atoms with Crippen LogP contribution in [0.25, 0.3) is 11.4 Å². The lowest BCUT2D eigenvalue weighted by atomic mass is 10.1. The van der Waals surface area contributed by atoms with Crippen LogP contribution < -0.4 is 5.32 Å². The lowest BCUT2D eigenvalue weighted by Gasteiger charge is -2.11. The van der Waals surface area contributed by atoms with E-state index in [0.717, 1.165) is 41.5 Å². The molecule has 0 saturated carbocycles. The number of nitrogens with zero attached hydrogens (tertiary/aromatic N) is 2. The zero-order valence-corrected chi connectivity index (χ0v) is 13.1. The van der Waals surface area contributed by atoms with Gasteiger partial charge in [0.15, 0.2) is 5.82 Å². The van der Waals surface area contributed by atoms with Crippen molar-refractivity contribution in [3.05, 3.63) is 40.8 Å². The minimum absolute atomic E-state index is 0.214. The molecular weight excluding hydrogens is 285 g/mol. The summed E-state index contributed by atoms with van der Waals surface area (Å²) >= 11 is 1.84. The Balaban J connectivity index is 2.04. The number of thioether (sulfide) groups is 1. The maximum atomic E-state index is 13.8. The van der Waals surface area contributed by atoms with E-state index in [2.05, 4.69) is 22.2 Å². The predicted molar refractivity (Wildman–Crippen MR) is 85.9 cm³/mol. The molecule has 1 aromatic carbocycles. The molecule has 1 aliphatic rings. The van der Waals surface area contributed by atoms with Crippen LogP contribution in [-0.4, -0.2) is 16.5 Å². The van der Waals surface area contributed by atoms with E-state index in [4.69, 9.17) is 0 Å². The first kappa shape index (κ1) is 14.3. The number of rotatable bonds is 4. The lowest BCUT2D eigenvalue weighted by Crippen LogP contribution is -2.08. The van der Waals surface area contributed by atoms with Gasteiger partial charge in [0.1, 0.15) is 11.6 Å². The Morgan fingerprint density at radius 3 is 2.90 bits per heavy atom. The molecule has 1 aromatic heterocycles. The van der Waals surface area contributed by atoms with Gasteiger partial charge in [-0.05, 0) is 25.0 Å². The fourth-order valence-electron chi connectivity index (χ4n) is 2.30. The second-order valence-electron chi connectivity index (χ2n) is 5.20. The van der Waals surface area contributed by atoms with Crippen molar-refractivity contribution in [1.82, 2.24) is 9.97 Å². The molecule has 0 aliphatic carbocycles. The first-order chi connectivity index (χ1) is 10.2. The van der Waals surface area contributed by atoms with E-state index in [1.165, 1.54) is 11.6 Å². The van der Waals surface area contributed by atoms with Gasteiger partial charge in [0.25, 0.3) is 0 Å². The molecule has 110 valence electrons. The molecule has 0 unspecified atom stereocenters. The third-order valence-corrected chi connectivity index (χ3v) is 4.52. The topological polar surface area (TPSA) is 37.8 Å². The summed E-state index contributed by atoms with van der Waals surface area (Å²) in [4.78, 5) is 9.25. The summed E-state index contributed by atoms with van der Waals surface area (Å²) in [6.45, 7) is 4.77. The van der Waals surface area contributed by atoms with Crippen LogP contribution in [0.5, 0.6) is 0 Å². The van der Waals surface area contributed by atoms with E-state index >= 15 is 0 Å². The molecule has 0 atom stereocenters. The van der Waals surface area contributed by atoms with Crippen LogP contribution in [0.15, 0.2) is 18.2 Å². The van der Waals surface area contributed by atoms with Crippen molar-refractivity contribution < 1.29 is 4.39 Å². The van der Waals surface area contributed by atoms with Crippen LogP contribution in [0.1, 0.15) is 30.2 Å². The fraction of sp³-hybridized carbons (Fsp3) is 0.375. The number of aromatic nitrogens is 2. The molecule has 3 nitrogen and oxygen atoms in total. The molecule has 5 heteroatoms. The summed E-state index contributed by atoms with van der Waals surface area (Å²) in [5.74, 6) is 3.15. The smallest absolute Gasteiger partial charge is 0.161 e. The molecule has 0 saturated heterocycles. The van der Waals surface area contributed by atoms with Crippen LogP contribution in [0, 0.1) is 12.7 Å². The van der Waals surface area contributed by atoms with Crippen molar-refractivity contribution in [2.45, 2.75) is 31.8 Å². The standard InChI is InChI=1S/C16H18FN3S/c1-3-6-18-16-12-8-21-9-14(12)19-15(20-16)11-5-4-10(2)13(17)7-11/h4-5,7H,3,6,8-9H2,1-2H3,(H,18,19,20). The largest absolute Gasteiger partial charge is 0.370 e. The highest BCUT2D eigenvalue weighted by Crippen LogP contribution is 2.34. The molecule has 2 aromatic rings. The van der Waals surface area contributed by atoms with Gasteiger partial charge in [-0.3, -0.25) is 0 Å². The zero-order chi connectivity index (χ0) is 14.8. The SMILES string of the molecule is CCCNc1nc(-c2ccc(C)c(F)c2)nc2c1CSC2. The maximum Gasteiger partial charge on any atom is 0.161 e. The zero-order valence-electron chi connectivity index (χ0n) is 12.2. The number of benzene rings is 1. The minimum atomic E-state index is -0.214. The molecule has 0 amide bonds. The van der Waals surface area contributed by atoms with Crippen LogP contribution in [0.4, 0.5) is 10.2 Å². The quantitative estimate of drug-likeness (QED) is 0.920. The average Bonchev–Trinajstić information content (AvgIpc) is 2.96. The Hall–Kier alpha value is -1.62. The molecule has 0 spiro atoms. The highest BCUT2D eigenvalue weighted by atomic mass is 32.2. The summed E-state index contributed by atoms with van der Waals surface area (Å²) < 4.78 is 13.8. The van der Waals surface area contributed by atoms with E-state index in [9.17, 15) is 4.39 Å². The normalized spacial score (nSPS) is 13.3. The highest BCUT2D eigenvalue weighted by Gasteiger charge is 2.20. The van der Waals surface area contributed by atoms with Crippen molar-refractivity contribution in [1.29, 1.82) is 0 Å². The lowest BCUT2D eigenvalue weighted by molar-refractivity contribution is 0.619. The predicted octanol–water partition coefficient (Wildman–Crippen LogP) is 4.16. The van der Waals surface area contributed by atoms with Crippen LogP contribution >= 0.6 is 11.8 Å². The maximum absolute atomic E-state index is 13.8. The summed E-state index contributed by atoms with van der Waals surface area (Å²) in [5.41, 5.74) is 3.64. The molecule has 2 heterocycles. The van der Waals surface area contributed by atoms with Gasteiger partial charge in [0.2, 0.25) is 0 Å². The first-order valence-corrected chi connectivity index (χ1v) is 8.32. The Morgan fingerprint density at radius 1 is 1.29 bits per heavy atom. The monoisotopic (exact) mass is 303 g/mol. The number of hydrogen-bond acceptors (Lipinski definition) is 4. The van der Waals surface area contributed by atoms with Gasteiger partial charge in [-0.2, -0.15) is 11.8 Å². The van der Waals surface area contributed by atoms with E-state index in [1.807, 2.05) is 17.8 Å². The molecule has 0 radical (unpaired) electrons. The van der Waals surface area contributed by atoms with E-state index < -0.39 is 0 Å². The van der Waals surface area contributed by atoms with Crippen molar-refractivity contribution in [3.8, 4) is 11.4 Å². The molecule has 1 N–H and O–H groups in total. The van der Waals surface area contributed by atoms with Crippen LogP contribution in [-0.2, 0) is 11.5 Å². The fourth-order valence-corrected chi connectivity index (χ4v) is 3.34. The third kappa shape index (κ3) is 2.88. The first-order valence-electron chi connectivity index (χ1n) is 7.17. The Labute approximate surface area is 128 Å². The van der Waals surface area contributed by atoms with Gasteiger partial charge < -0.3 is 5.32 Å². The number of nitrogens with one attached hydrogen (secondary N) is 1. The number of aryl methyl sites for hydroxylation is 1. The molecule has 0 bridgehead atoms. The van der Waals surface area contributed by atoms with E-state index in [0.29, 0.717) is 11.4 Å². The summed E-state index contributed by atoms with van der Waals surface area (Å²) in [5, 5.41) is 3.37. The Morgan fingerprint density at radius 2 is 2.14 bits per heavy atom. The van der Waals surface area contributed by atoms with Crippen molar-refractivity contribution in [2.24, 2.45) is 0 Å². The molecule has 0 fully saturated rings. The van der Waals surface area contributed by atoms with Crippen molar-refractivity contribution in [2.75, 3.05) is 11.9 Å². The van der Waals surface area contributed by atoms with Gasteiger partial charge in [0.05, 0.1) is 5.69 Å². The number of fused-ring (bicyclic) bond motifs is 1. The van der Waals surface area contributed by atoms with Gasteiger partial charge in [-0.15, -0.1) is 0 Å². The van der Waals surface area contributed by atoms with E-state index in [-0.39, 0.29) is 5.82 Å². The highest BCUT2D eigenvalue weighted by molar-refractivity contribution is 7.98. The Bertz CT molecular complexity index is 673. The third-order valence-electron chi connectivity index (χ3n) is 3.55. The molecule has 21 heavy (non-hydrogen) atoms. The number of hydrogen-bond donors (Lipinski definition) is 1. The van der Waals surface area contributed by atoms with Gasteiger partial charge >= 0.3 is 0 Å². The van der Waals surface area contributed by atoms with Crippen LogP contribution in [0.3, 0.4) is 0 Å². The van der Waals surface area contributed by atoms with Crippen molar-refractivity contribution in [3.63, 3.8) is 0 Å². The summed E-state index contributed by atoms with van der Waals surface area (Å²) in [6.07, 6.45) is 1.04. The van der Waals surface area contributed by atoms with Crippen molar-refractivity contribution >= 4 is 17.6 Å². The molecule has 1 aliphatic heterocycles. The average molecular weight is 303 g/mol. The molecule has 3 rings (SSSR count). The van der Waals surface area contributed by atoms with E-state index in [1.54, 1.807) is 13.0 Å². The number of anilines is 1. The second kappa shape index (κ2) is 6.02. The van der Waals surface area contributed by atoms with Gasteiger partial charge in [-0.25, -0.2) is 14.4 Å². The minimum Gasteiger partial charge on any atom is -0.370 e. The summed E-state index contributed by atoms with van der Waals surface area (Å²) in [6, 6.07) is 5.17. The summed E-state index contributed by atoms with van der Waals surface area (Å²) in [7, 11) is 0. The Kier molecular flexibility index (Phi) is 4.10. The van der Waals surface area contributed by atoms with Gasteiger partial charge in [-0.1, -0.05) is 19.1 Å². The molecular formula is C16H18FN3S. The second-order valence-corrected chi connectivity index (χ2v) is 6.19.